The first-order chi connectivity index (χ1) is 10.7. The van der Waals surface area contributed by atoms with Crippen LogP contribution in [0.1, 0.15) is 29.6 Å². The first-order valence-corrected chi connectivity index (χ1v) is 8.43. The lowest BCUT2D eigenvalue weighted by molar-refractivity contribution is 0.102. The van der Waals surface area contributed by atoms with Crippen molar-refractivity contribution in [3.05, 3.63) is 58.6 Å². The van der Waals surface area contributed by atoms with E-state index < -0.39 is 0 Å². The molecule has 1 fully saturated rings. The largest absolute Gasteiger partial charge is 0.372 e. The van der Waals surface area contributed by atoms with Crippen molar-refractivity contribution in [2.75, 3.05) is 23.3 Å². The average Bonchev–Trinajstić information content (AvgIpc) is 2.58. The second-order valence-electron chi connectivity index (χ2n) is 5.56. The van der Waals surface area contributed by atoms with Crippen LogP contribution in [0.2, 0.25) is 0 Å². The van der Waals surface area contributed by atoms with Gasteiger partial charge in [0.25, 0.3) is 5.91 Å². The fraction of sp³-hybridized carbons (Fsp3) is 0.278. The van der Waals surface area contributed by atoms with E-state index in [4.69, 9.17) is 0 Å². The summed E-state index contributed by atoms with van der Waals surface area (Å²) in [6.45, 7) is 2.23. The normalized spacial score (nSPS) is 14.7. The molecule has 0 unspecified atom stereocenters. The zero-order chi connectivity index (χ0) is 15.4. The topological polar surface area (TPSA) is 32.3 Å². The van der Waals surface area contributed by atoms with Crippen molar-refractivity contribution in [1.29, 1.82) is 0 Å². The summed E-state index contributed by atoms with van der Waals surface area (Å²) in [6.07, 6.45) is 3.84. The molecule has 0 aromatic heterocycles. The second-order valence-corrected chi connectivity index (χ2v) is 6.47. The van der Waals surface area contributed by atoms with Crippen molar-refractivity contribution in [1.82, 2.24) is 0 Å². The number of carbonyl (C=O) groups excluding carboxylic acids is 1. The van der Waals surface area contributed by atoms with Crippen LogP contribution in [0.5, 0.6) is 0 Å². The van der Waals surface area contributed by atoms with Gasteiger partial charge in [-0.15, -0.1) is 0 Å². The molecule has 114 valence electrons. The molecule has 0 spiro atoms. The number of halogens is 1. The number of hydrogen-bond donors (Lipinski definition) is 1. The third-order valence-corrected chi connectivity index (χ3v) is 4.48. The number of piperidine rings is 1. The smallest absolute Gasteiger partial charge is 0.255 e. The first kappa shape index (κ1) is 15.1. The van der Waals surface area contributed by atoms with Crippen molar-refractivity contribution < 1.29 is 4.79 Å². The summed E-state index contributed by atoms with van der Waals surface area (Å²) in [4.78, 5) is 14.6. The second kappa shape index (κ2) is 6.97. The van der Waals surface area contributed by atoms with Crippen LogP contribution in [0.15, 0.2) is 53.0 Å². The lowest BCUT2D eigenvalue weighted by Gasteiger charge is -2.28. The van der Waals surface area contributed by atoms with E-state index in [2.05, 4.69) is 26.1 Å². The lowest BCUT2D eigenvalue weighted by atomic mass is 10.1. The van der Waals surface area contributed by atoms with Crippen LogP contribution >= 0.6 is 15.9 Å². The van der Waals surface area contributed by atoms with Gasteiger partial charge in [-0.25, -0.2) is 0 Å². The molecule has 1 saturated heterocycles. The first-order valence-electron chi connectivity index (χ1n) is 7.64. The number of benzene rings is 2. The van der Waals surface area contributed by atoms with E-state index in [1.165, 1.54) is 24.9 Å². The molecule has 1 aliphatic heterocycles. The molecule has 1 N–H and O–H groups in total. The van der Waals surface area contributed by atoms with E-state index in [1.807, 2.05) is 48.5 Å². The molecule has 2 aromatic rings. The summed E-state index contributed by atoms with van der Waals surface area (Å²) in [5, 5.41) is 2.91. The molecule has 3 nitrogen and oxygen atoms in total. The number of amides is 1. The molecule has 22 heavy (non-hydrogen) atoms. The Hall–Kier alpha value is -1.81. The molecule has 1 amide bonds. The van der Waals surface area contributed by atoms with Crippen molar-refractivity contribution in [3.8, 4) is 0 Å². The van der Waals surface area contributed by atoms with Crippen LogP contribution in [0.25, 0.3) is 0 Å². The van der Waals surface area contributed by atoms with Crippen LogP contribution in [-0.4, -0.2) is 19.0 Å². The molecule has 0 saturated carbocycles. The number of anilines is 2. The maximum absolute atomic E-state index is 12.3. The number of rotatable bonds is 3. The zero-order valence-electron chi connectivity index (χ0n) is 12.4. The minimum absolute atomic E-state index is 0.0764. The quantitative estimate of drug-likeness (QED) is 0.862. The average molecular weight is 359 g/mol. The summed E-state index contributed by atoms with van der Waals surface area (Å²) in [7, 11) is 0. The highest BCUT2D eigenvalue weighted by Crippen LogP contribution is 2.21. The standard InChI is InChI=1S/C18H19BrN2O/c19-15-6-8-16(9-7-15)20-18(22)14-4-10-17(11-5-14)21-12-2-1-3-13-21/h4-11H,1-3,12-13H2,(H,20,22). The Morgan fingerprint density at radius 3 is 2.18 bits per heavy atom. The Morgan fingerprint density at radius 1 is 0.909 bits per heavy atom. The fourth-order valence-corrected chi connectivity index (χ4v) is 2.98. The van der Waals surface area contributed by atoms with Gasteiger partial charge in [-0.05, 0) is 67.8 Å². The van der Waals surface area contributed by atoms with E-state index in [-0.39, 0.29) is 5.91 Å². The number of nitrogens with zero attached hydrogens (tertiary/aromatic N) is 1. The predicted molar refractivity (Wildman–Crippen MR) is 94.6 cm³/mol. The molecule has 1 heterocycles. The van der Waals surface area contributed by atoms with E-state index in [9.17, 15) is 4.79 Å². The van der Waals surface area contributed by atoms with Gasteiger partial charge in [-0.3, -0.25) is 4.79 Å². The lowest BCUT2D eigenvalue weighted by Crippen LogP contribution is -2.29. The van der Waals surface area contributed by atoms with Crippen molar-refractivity contribution in [3.63, 3.8) is 0 Å². The SMILES string of the molecule is O=C(Nc1ccc(Br)cc1)c1ccc(N2CCCCC2)cc1. The van der Waals surface area contributed by atoms with Gasteiger partial charge in [0, 0.05) is 34.5 Å². The van der Waals surface area contributed by atoms with Gasteiger partial charge >= 0.3 is 0 Å². The van der Waals surface area contributed by atoms with Crippen LogP contribution < -0.4 is 10.2 Å². The van der Waals surface area contributed by atoms with E-state index >= 15 is 0 Å². The molecule has 0 radical (unpaired) electrons. The minimum Gasteiger partial charge on any atom is -0.372 e. The van der Waals surface area contributed by atoms with Gasteiger partial charge in [-0.2, -0.15) is 0 Å². The molecular weight excluding hydrogens is 340 g/mol. The Kier molecular flexibility index (Phi) is 4.78. The summed E-state index contributed by atoms with van der Waals surface area (Å²) in [5.41, 5.74) is 2.69. The predicted octanol–water partition coefficient (Wildman–Crippen LogP) is 4.69. The van der Waals surface area contributed by atoms with Crippen molar-refractivity contribution in [2.24, 2.45) is 0 Å². The number of carbonyl (C=O) groups is 1. The van der Waals surface area contributed by atoms with Crippen molar-refractivity contribution >= 4 is 33.2 Å². The highest BCUT2D eigenvalue weighted by atomic mass is 79.9. The molecular formula is C18H19BrN2O. The van der Waals surface area contributed by atoms with E-state index in [1.54, 1.807) is 0 Å². The van der Waals surface area contributed by atoms with Gasteiger partial charge in [-0.1, -0.05) is 15.9 Å². The highest BCUT2D eigenvalue weighted by Gasteiger charge is 2.12. The van der Waals surface area contributed by atoms with Gasteiger partial charge in [0.1, 0.15) is 0 Å². The maximum atomic E-state index is 12.3. The Morgan fingerprint density at radius 2 is 1.55 bits per heavy atom. The summed E-state index contributed by atoms with van der Waals surface area (Å²) in [6, 6.07) is 15.5. The Balaban J connectivity index is 1.66. The molecule has 0 atom stereocenters. The number of nitrogens with one attached hydrogen (secondary N) is 1. The van der Waals surface area contributed by atoms with Gasteiger partial charge < -0.3 is 10.2 Å². The van der Waals surface area contributed by atoms with Gasteiger partial charge in [0.2, 0.25) is 0 Å². The summed E-state index contributed by atoms with van der Waals surface area (Å²) >= 11 is 3.38. The van der Waals surface area contributed by atoms with Gasteiger partial charge in [0.05, 0.1) is 0 Å². The minimum atomic E-state index is -0.0764. The molecule has 0 aliphatic carbocycles. The molecule has 4 heteroatoms. The van der Waals surface area contributed by atoms with E-state index in [0.29, 0.717) is 5.56 Å². The monoisotopic (exact) mass is 358 g/mol. The third kappa shape index (κ3) is 3.69. The Labute approximate surface area is 139 Å². The van der Waals surface area contributed by atoms with E-state index in [0.717, 1.165) is 23.2 Å². The number of hydrogen-bond acceptors (Lipinski definition) is 2. The maximum Gasteiger partial charge on any atom is 0.255 e. The third-order valence-electron chi connectivity index (χ3n) is 3.95. The van der Waals surface area contributed by atoms with Crippen LogP contribution in [0, 0.1) is 0 Å². The molecule has 0 bridgehead atoms. The Bertz CT molecular complexity index is 631. The fourth-order valence-electron chi connectivity index (χ4n) is 2.71. The molecule has 3 rings (SSSR count). The highest BCUT2D eigenvalue weighted by molar-refractivity contribution is 9.10. The van der Waals surface area contributed by atoms with Crippen LogP contribution in [-0.2, 0) is 0 Å². The molecule has 2 aromatic carbocycles. The van der Waals surface area contributed by atoms with Gasteiger partial charge in [0.15, 0.2) is 0 Å². The summed E-state index contributed by atoms with van der Waals surface area (Å²) in [5.74, 6) is -0.0764. The van der Waals surface area contributed by atoms with Crippen LogP contribution in [0.3, 0.4) is 0 Å². The molecule has 1 aliphatic rings. The van der Waals surface area contributed by atoms with Crippen LogP contribution in [0.4, 0.5) is 11.4 Å². The van der Waals surface area contributed by atoms with Crippen molar-refractivity contribution in [2.45, 2.75) is 19.3 Å². The zero-order valence-corrected chi connectivity index (χ0v) is 14.0. The summed E-state index contributed by atoms with van der Waals surface area (Å²) < 4.78 is 0.997.